The summed E-state index contributed by atoms with van der Waals surface area (Å²) in [7, 11) is 0. The Balaban J connectivity index is 2.27. The van der Waals surface area contributed by atoms with E-state index in [1.165, 1.54) is 11.3 Å². The Morgan fingerprint density at radius 2 is 2.17 bits per heavy atom. The number of nitrogens with one attached hydrogen (secondary N) is 1. The second-order valence-electron chi connectivity index (χ2n) is 4.41. The predicted molar refractivity (Wildman–Crippen MR) is 72.2 cm³/mol. The Hall–Kier alpha value is -1.69. The first-order valence-electron chi connectivity index (χ1n) is 5.76. The molecular weight excluding hydrogens is 248 g/mol. The fourth-order valence-corrected chi connectivity index (χ4v) is 2.38. The third kappa shape index (κ3) is 2.28. The Kier molecular flexibility index (Phi) is 3.47. The summed E-state index contributed by atoms with van der Waals surface area (Å²) in [6.45, 7) is 7.97. The van der Waals surface area contributed by atoms with Crippen molar-refractivity contribution in [3.63, 3.8) is 0 Å². The zero-order chi connectivity index (χ0) is 13.3. The number of hydrogen-bond donors (Lipinski definition) is 1. The van der Waals surface area contributed by atoms with Crippen molar-refractivity contribution >= 4 is 22.9 Å². The molecule has 2 aromatic rings. The molecule has 1 N–H and O–H groups in total. The first-order chi connectivity index (χ1) is 8.50. The molecular formula is C12H16N4OS. The van der Waals surface area contributed by atoms with Crippen LogP contribution in [0.3, 0.4) is 0 Å². The van der Waals surface area contributed by atoms with Crippen LogP contribution < -0.4 is 5.32 Å². The summed E-state index contributed by atoms with van der Waals surface area (Å²) in [5, 5.41) is 9.04. The van der Waals surface area contributed by atoms with Crippen LogP contribution in [-0.2, 0) is 0 Å². The van der Waals surface area contributed by atoms with Crippen molar-refractivity contribution < 1.29 is 4.79 Å². The van der Waals surface area contributed by atoms with Gasteiger partial charge in [-0.2, -0.15) is 5.10 Å². The zero-order valence-electron chi connectivity index (χ0n) is 10.9. The van der Waals surface area contributed by atoms with Gasteiger partial charge in [-0.15, -0.1) is 11.3 Å². The highest BCUT2D eigenvalue weighted by atomic mass is 32.1. The van der Waals surface area contributed by atoms with Crippen LogP contribution in [0.15, 0.2) is 10.9 Å². The second kappa shape index (κ2) is 4.89. The lowest BCUT2D eigenvalue weighted by Gasteiger charge is -2.08. The van der Waals surface area contributed by atoms with Crippen LogP contribution in [0.4, 0.5) is 5.69 Å². The maximum absolute atomic E-state index is 12.0. The largest absolute Gasteiger partial charge is 0.317 e. The molecule has 1 amide bonds. The summed E-state index contributed by atoms with van der Waals surface area (Å²) in [4.78, 5) is 15.9. The lowest BCUT2D eigenvalue weighted by Crippen LogP contribution is -2.13. The predicted octanol–water partition coefficient (Wildman–Crippen LogP) is 2.79. The van der Waals surface area contributed by atoms with E-state index in [0.717, 1.165) is 17.1 Å². The molecule has 2 rings (SSSR count). The van der Waals surface area contributed by atoms with Gasteiger partial charge in [0.1, 0.15) is 5.69 Å². The van der Waals surface area contributed by atoms with Crippen LogP contribution in [0.5, 0.6) is 0 Å². The molecule has 2 heterocycles. The Bertz CT molecular complexity index is 557. The highest BCUT2D eigenvalue weighted by Gasteiger charge is 2.17. The van der Waals surface area contributed by atoms with Gasteiger partial charge in [0, 0.05) is 11.4 Å². The number of carbonyl (C=O) groups is 1. The van der Waals surface area contributed by atoms with E-state index in [1.54, 1.807) is 10.9 Å². The van der Waals surface area contributed by atoms with E-state index in [-0.39, 0.29) is 11.9 Å². The number of hydrogen-bond acceptors (Lipinski definition) is 4. The third-order valence-electron chi connectivity index (χ3n) is 2.72. The topological polar surface area (TPSA) is 59.8 Å². The molecule has 0 atom stereocenters. The normalized spacial score (nSPS) is 10.9. The minimum Gasteiger partial charge on any atom is -0.317 e. The van der Waals surface area contributed by atoms with Gasteiger partial charge in [0.25, 0.3) is 5.91 Å². The number of anilines is 1. The second-order valence-corrected chi connectivity index (χ2v) is 5.13. The van der Waals surface area contributed by atoms with Crippen molar-refractivity contribution in [2.45, 2.75) is 33.7 Å². The molecule has 0 unspecified atom stereocenters. The van der Waals surface area contributed by atoms with Gasteiger partial charge in [-0.05, 0) is 27.7 Å². The number of thiazole rings is 1. The highest BCUT2D eigenvalue weighted by molar-refractivity contribution is 7.07. The molecule has 0 fully saturated rings. The van der Waals surface area contributed by atoms with Crippen molar-refractivity contribution in [2.75, 3.05) is 5.32 Å². The van der Waals surface area contributed by atoms with Crippen molar-refractivity contribution in [3.8, 4) is 0 Å². The monoisotopic (exact) mass is 264 g/mol. The first kappa shape index (κ1) is 12.8. The summed E-state index contributed by atoms with van der Waals surface area (Å²) in [5.41, 5.74) is 4.65. The molecule has 0 radical (unpaired) electrons. The maximum atomic E-state index is 12.0. The molecule has 0 saturated heterocycles. The van der Waals surface area contributed by atoms with E-state index in [4.69, 9.17) is 0 Å². The van der Waals surface area contributed by atoms with Gasteiger partial charge in [-0.3, -0.25) is 9.48 Å². The molecule has 0 aliphatic rings. The average Bonchev–Trinajstić information content (AvgIpc) is 2.92. The van der Waals surface area contributed by atoms with Gasteiger partial charge in [0.05, 0.1) is 22.6 Å². The molecule has 0 aromatic carbocycles. The summed E-state index contributed by atoms with van der Waals surface area (Å²) in [6, 6.07) is 0.272. The van der Waals surface area contributed by atoms with Crippen LogP contribution in [0, 0.1) is 13.8 Å². The number of nitrogens with zero attached hydrogens (tertiary/aromatic N) is 3. The molecule has 0 aliphatic heterocycles. The molecule has 96 valence electrons. The molecule has 6 heteroatoms. The molecule has 0 aliphatic carbocycles. The molecule has 0 bridgehead atoms. The lowest BCUT2D eigenvalue weighted by molar-refractivity contribution is 0.102. The number of aryl methyl sites for hydroxylation is 1. The van der Waals surface area contributed by atoms with E-state index in [2.05, 4.69) is 29.2 Å². The summed E-state index contributed by atoms with van der Waals surface area (Å²) in [5.74, 6) is -0.189. The molecule has 0 spiro atoms. The Morgan fingerprint density at radius 3 is 2.67 bits per heavy atom. The van der Waals surface area contributed by atoms with Gasteiger partial charge < -0.3 is 5.32 Å². The minimum atomic E-state index is -0.189. The number of amides is 1. The number of aromatic nitrogens is 3. The van der Waals surface area contributed by atoms with Crippen LogP contribution in [0.2, 0.25) is 0 Å². The van der Waals surface area contributed by atoms with Crippen LogP contribution in [-0.4, -0.2) is 20.7 Å². The minimum absolute atomic E-state index is 0.189. The van der Waals surface area contributed by atoms with Gasteiger partial charge in [-0.25, -0.2) is 4.98 Å². The quantitative estimate of drug-likeness (QED) is 0.927. The van der Waals surface area contributed by atoms with Gasteiger partial charge in [0.2, 0.25) is 0 Å². The van der Waals surface area contributed by atoms with E-state index >= 15 is 0 Å². The maximum Gasteiger partial charge on any atom is 0.275 e. The molecule has 18 heavy (non-hydrogen) atoms. The van der Waals surface area contributed by atoms with Crippen LogP contribution >= 0.6 is 11.3 Å². The average molecular weight is 264 g/mol. The van der Waals surface area contributed by atoms with Gasteiger partial charge in [0.15, 0.2) is 0 Å². The fourth-order valence-electron chi connectivity index (χ4n) is 1.85. The number of rotatable bonds is 3. The SMILES string of the molecule is Cc1nn(C(C)C)c(C)c1NC(=O)c1cscn1. The van der Waals surface area contributed by atoms with Crippen molar-refractivity contribution in [2.24, 2.45) is 0 Å². The third-order valence-corrected chi connectivity index (χ3v) is 3.30. The first-order valence-corrected chi connectivity index (χ1v) is 6.70. The van der Waals surface area contributed by atoms with Crippen molar-refractivity contribution in [1.82, 2.24) is 14.8 Å². The Morgan fingerprint density at radius 1 is 1.44 bits per heavy atom. The lowest BCUT2D eigenvalue weighted by atomic mass is 10.3. The molecule has 0 saturated carbocycles. The van der Waals surface area contributed by atoms with E-state index in [9.17, 15) is 4.79 Å². The summed E-state index contributed by atoms with van der Waals surface area (Å²) < 4.78 is 1.91. The fraction of sp³-hybridized carbons (Fsp3) is 0.417. The molecule has 5 nitrogen and oxygen atoms in total. The number of carbonyl (C=O) groups excluding carboxylic acids is 1. The highest BCUT2D eigenvalue weighted by Crippen LogP contribution is 2.22. The standard InChI is InChI=1S/C12H16N4OS/c1-7(2)16-9(4)11(8(3)15-16)14-12(17)10-5-18-6-13-10/h5-7H,1-4H3,(H,14,17). The zero-order valence-corrected chi connectivity index (χ0v) is 11.7. The smallest absolute Gasteiger partial charge is 0.275 e. The van der Waals surface area contributed by atoms with E-state index in [1.807, 2.05) is 18.5 Å². The van der Waals surface area contributed by atoms with Crippen LogP contribution in [0.1, 0.15) is 41.8 Å². The van der Waals surface area contributed by atoms with Crippen molar-refractivity contribution in [1.29, 1.82) is 0 Å². The Labute approximate surface area is 110 Å². The van der Waals surface area contributed by atoms with Crippen LogP contribution in [0.25, 0.3) is 0 Å². The van der Waals surface area contributed by atoms with Gasteiger partial charge >= 0.3 is 0 Å². The van der Waals surface area contributed by atoms with Crippen molar-refractivity contribution in [3.05, 3.63) is 28.0 Å². The molecule has 2 aromatic heterocycles. The summed E-state index contributed by atoms with van der Waals surface area (Å²) in [6.07, 6.45) is 0. The van der Waals surface area contributed by atoms with E-state index < -0.39 is 0 Å². The van der Waals surface area contributed by atoms with Gasteiger partial charge in [-0.1, -0.05) is 0 Å². The summed E-state index contributed by atoms with van der Waals surface area (Å²) >= 11 is 1.40. The van der Waals surface area contributed by atoms with E-state index in [0.29, 0.717) is 5.69 Å².